The van der Waals surface area contributed by atoms with Crippen molar-refractivity contribution < 1.29 is 9.59 Å². The fourth-order valence-electron chi connectivity index (χ4n) is 3.01. The van der Waals surface area contributed by atoms with Crippen LogP contribution in [0.1, 0.15) is 85.2 Å². The van der Waals surface area contributed by atoms with Crippen LogP contribution in [0.15, 0.2) is 23.3 Å². The van der Waals surface area contributed by atoms with Gasteiger partial charge in [0.05, 0.1) is 0 Å². The number of rotatable bonds is 6. The third-order valence-corrected chi connectivity index (χ3v) is 4.67. The van der Waals surface area contributed by atoms with Crippen LogP contribution in [0.4, 0.5) is 0 Å². The number of unbranched alkanes of at least 4 members (excludes halogenated alkanes) is 2. The van der Waals surface area contributed by atoms with Gasteiger partial charge in [-0.15, -0.1) is 0 Å². The van der Waals surface area contributed by atoms with E-state index in [-0.39, 0.29) is 11.6 Å². The molecule has 0 heterocycles. The molecule has 0 bridgehead atoms. The molecular formula is C20H26O2. The van der Waals surface area contributed by atoms with E-state index < -0.39 is 0 Å². The minimum atomic E-state index is 0.0203. The van der Waals surface area contributed by atoms with Gasteiger partial charge >= 0.3 is 0 Å². The van der Waals surface area contributed by atoms with Gasteiger partial charge in [-0.05, 0) is 62.8 Å². The molecule has 0 aromatic heterocycles. The maximum atomic E-state index is 12.5. The number of benzene rings is 1. The number of ketones is 2. The van der Waals surface area contributed by atoms with E-state index in [1.54, 1.807) is 13.8 Å². The smallest absolute Gasteiger partial charge is 0.189 e. The molecule has 1 aromatic rings. The highest BCUT2D eigenvalue weighted by Crippen LogP contribution is 2.30. The zero-order valence-electron chi connectivity index (χ0n) is 14.2. The Bertz CT molecular complexity index is 580. The summed E-state index contributed by atoms with van der Waals surface area (Å²) in [4.78, 5) is 25.0. The molecule has 0 atom stereocenters. The summed E-state index contributed by atoms with van der Waals surface area (Å²) in [5.41, 5.74) is 4.92. The van der Waals surface area contributed by atoms with Crippen LogP contribution < -0.4 is 0 Å². The Labute approximate surface area is 133 Å². The minimum Gasteiger partial charge on any atom is -0.289 e. The Morgan fingerprint density at radius 1 is 0.727 bits per heavy atom. The molecule has 0 spiro atoms. The summed E-state index contributed by atoms with van der Waals surface area (Å²) in [6, 6.07) is 3.98. The van der Waals surface area contributed by atoms with Gasteiger partial charge in [0.25, 0.3) is 0 Å². The average Bonchev–Trinajstić information content (AvgIpc) is 2.54. The van der Waals surface area contributed by atoms with Crippen molar-refractivity contribution in [2.24, 2.45) is 0 Å². The molecule has 1 aliphatic rings. The van der Waals surface area contributed by atoms with Crippen molar-refractivity contribution in [3.8, 4) is 0 Å². The van der Waals surface area contributed by atoms with Crippen LogP contribution in [0.5, 0.6) is 0 Å². The number of carbonyl (C=O) groups excluding carboxylic acids is 2. The summed E-state index contributed by atoms with van der Waals surface area (Å²) in [7, 11) is 0. The van der Waals surface area contributed by atoms with E-state index in [0.29, 0.717) is 22.3 Å². The first kappa shape index (κ1) is 16.7. The van der Waals surface area contributed by atoms with Crippen molar-refractivity contribution in [3.05, 3.63) is 45.5 Å². The van der Waals surface area contributed by atoms with Gasteiger partial charge in [-0.3, -0.25) is 9.59 Å². The van der Waals surface area contributed by atoms with Crippen molar-refractivity contribution in [1.82, 2.24) is 0 Å². The fourth-order valence-corrected chi connectivity index (χ4v) is 3.01. The van der Waals surface area contributed by atoms with Crippen LogP contribution in [0.25, 0.3) is 0 Å². The summed E-state index contributed by atoms with van der Waals surface area (Å²) >= 11 is 0. The monoisotopic (exact) mass is 298 g/mol. The first-order valence-electron chi connectivity index (χ1n) is 8.43. The van der Waals surface area contributed by atoms with E-state index in [1.807, 2.05) is 12.1 Å². The molecule has 2 rings (SSSR count). The predicted octanol–water partition coefficient (Wildman–Crippen LogP) is 5.09. The molecule has 118 valence electrons. The van der Waals surface area contributed by atoms with Crippen molar-refractivity contribution in [2.75, 3.05) is 0 Å². The molecule has 2 nitrogen and oxygen atoms in total. The Balaban J connectivity index is 2.51. The highest BCUT2D eigenvalue weighted by Gasteiger charge is 2.28. The second-order valence-corrected chi connectivity index (χ2v) is 6.28. The van der Waals surface area contributed by atoms with Gasteiger partial charge in [-0.25, -0.2) is 0 Å². The van der Waals surface area contributed by atoms with E-state index in [2.05, 4.69) is 13.8 Å². The second-order valence-electron chi connectivity index (χ2n) is 6.28. The molecule has 0 radical (unpaired) electrons. The van der Waals surface area contributed by atoms with Gasteiger partial charge in [0.2, 0.25) is 0 Å². The van der Waals surface area contributed by atoms with Gasteiger partial charge in [-0.1, -0.05) is 26.7 Å². The Kier molecular flexibility index (Phi) is 5.33. The van der Waals surface area contributed by atoms with Crippen molar-refractivity contribution in [2.45, 2.75) is 66.2 Å². The topological polar surface area (TPSA) is 34.1 Å². The molecule has 0 fully saturated rings. The van der Waals surface area contributed by atoms with E-state index in [4.69, 9.17) is 0 Å². The lowest BCUT2D eigenvalue weighted by Crippen LogP contribution is -2.20. The van der Waals surface area contributed by atoms with Crippen LogP contribution in [-0.2, 0) is 12.8 Å². The largest absolute Gasteiger partial charge is 0.289 e. The standard InChI is InChI=1S/C20H26O2/c1-5-7-9-15-11-17-18(12-16(15)10-8-6-2)20(22)14(4)13(3)19(17)21/h11-12H,5-10H2,1-4H3. The maximum absolute atomic E-state index is 12.5. The Hall–Kier alpha value is -1.70. The fraction of sp³-hybridized carbons (Fsp3) is 0.500. The molecule has 0 amide bonds. The van der Waals surface area contributed by atoms with Gasteiger partial charge in [0.15, 0.2) is 11.6 Å². The van der Waals surface area contributed by atoms with Crippen LogP contribution in [0, 0.1) is 0 Å². The van der Waals surface area contributed by atoms with E-state index >= 15 is 0 Å². The van der Waals surface area contributed by atoms with Crippen LogP contribution in [0.3, 0.4) is 0 Å². The molecular weight excluding hydrogens is 272 g/mol. The molecule has 0 saturated carbocycles. The first-order valence-corrected chi connectivity index (χ1v) is 8.43. The lowest BCUT2D eigenvalue weighted by Gasteiger charge is -2.20. The third-order valence-electron chi connectivity index (χ3n) is 4.67. The molecule has 2 heteroatoms. The zero-order valence-corrected chi connectivity index (χ0v) is 14.2. The summed E-state index contributed by atoms with van der Waals surface area (Å²) < 4.78 is 0. The molecule has 0 unspecified atom stereocenters. The van der Waals surface area contributed by atoms with E-state index in [9.17, 15) is 9.59 Å². The minimum absolute atomic E-state index is 0.0203. The van der Waals surface area contributed by atoms with Crippen LogP contribution in [-0.4, -0.2) is 11.6 Å². The lowest BCUT2D eigenvalue weighted by atomic mass is 9.82. The summed E-state index contributed by atoms with van der Waals surface area (Å²) in [6.07, 6.45) is 6.49. The number of hydrogen-bond donors (Lipinski definition) is 0. The molecule has 1 aromatic carbocycles. The van der Waals surface area contributed by atoms with Gasteiger partial charge in [-0.2, -0.15) is 0 Å². The number of Topliss-reactive ketones (excluding diaryl/α,β-unsaturated/α-hetero) is 2. The molecule has 0 N–H and O–H groups in total. The molecule has 0 saturated heterocycles. The molecule has 1 aliphatic carbocycles. The number of fused-ring (bicyclic) bond motifs is 1. The molecule has 22 heavy (non-hydrogen) atoms. The summed E-state index contributed by atoms with van der Waals surface area (Å²) in [6.45, 7) is 7.87. The van der Waals surface area contributed by atoms with E-state index in [1.165, 1.54) is 11.1 Å². The Morgan fingerprint density at radius 3 is 1.41 bits per heavy atom. The van der Waals surface area contributed by atoms with Crippen molar-refractivity contribution >= 4 is 11.6 Å². The quantitative estimate of drug-likeness (QED) is 0.733. The van der Waals surface area contributed by atoms with Gasteiger partial charge < -0.3 is 0 Å². The number of hydrogen-bond acceptors (Lipinski definition) is 2. The highest BCUT2D eigenvalue weighted by atomic mass is 16.1. The highest BCUT2D eigenvalue weighted by molar-refractivity contribution is 6.26. The normalized spacial score (nSPS) is 14.5. The molecule has 0 aliphatic heterocycles. The van der Waals surface area contributed by atoms with Crippen LogP contribution in [0.2, 0.25) is 0 Å². The summed E-state index contributed by atoms with van der Waals surface area (Å²) in [5, 5.41) is 0. The Morgan fingerprint density at radius 2 is 1.09 bits per heavy atom. The predicted molar refractivity (Wildman–Crippen MR) is 90.7 cm³/mol. The number of aryl methyl sites for hydroxylation is 2. The number of carbonyl (C=O) groups is 2. The van der Waals surface area contributed by atoms with Crippen molar-refractivity contribution in [3.63, 3.8) is 0 Å². The third kappa shape index (κ3) is 3.06. The average molecular weight is 298 g/mol. The van der Waals surface area contributed by atoms with Gasteiger partial charge in [0, 0.05) is 22.3 Å². The van der Waals surface area contributed by atoms with Crippen LogP contribution >= 0.6 is 0 Å². The first-order chi connectivity index (χ1) is 10.5. The maximum Gasteiger partial charge on any atom is 0.189 e. The van der Waals surface area contributed by atoms with Crippen molar-refractivity contribution in [1.29, 1.82) is 0 Å². The number of allylic oxidation sites excluding steroid dienone is 2. The van der Waals surface area contributed by atoms with E-state index in [0.717, 1.165) is 38.5 Å². The SMILES string of the molecule is CCCCc1cc2c(cc1CCCC)C(=O)C(C)=C(C)C2=O. The summed E-state index contributed by atoms with van der Waals surface area (Å²) in [5.74, 6) is 0.0405. The lowest BCUT2D eigenvalue weighted by molar-refractivity contribution is 0.0975. The second kappa shape index (κ2) is 7.04. The van der Waals surface area contributed by atoms with Gasteiger partial charge in [0.1, 0.15) is 0 Å². The zero-order chi connectivity index (χ0) is 16.3.